The summed E-state index contributed by atoms with van der Waals surface area (Å²) in [7, 11) is 0. The summed E-state index contributed by atoms with van der Waals surface area (Å²) in [5.41, 5.74) is 0.0144. The molecule has 0 unspecified atom stereocenters. The van der Waals surface area contributed by atoms with E-state index in [4.69, 9.17) is 0 Å². The average molecular weight is 279 g/mol. The predicted molar refractivity (Wildman–Crippen MR) is 77.5 cm³/mol. The zero-order valence-electron chi connectivity index (χ0n) is 13.0. The molecule has 0 spiro atoms. The van der Waals surface area contributed by atoms with Crippen LogP contribution in [0.3, 0.4) is 0 Å². The minimum atomic E-state index is -0.195. The lowest BCUT2D eigenvalue weighted by Gasteiger charge is -2.46. The number of aromatic amines is 1. The quantitative estimate of drug-likeness (QED) is 0.781. The lowest BCUT2D eigenvalue weighted by Crippen LogP contribution is -2.62. The van der Waals surface area contributed by atoms with E-state index in [0.29, 0.717) is 0 Å². The molecule has 1 aliphatic heterocycles. The van der Waals surface area contributed by atoms with E-state index in [9.17, 15) is 4.79 Å². The highest BCUT2D eigenvalue weighted by molar-refractivity contribution is 5.90. The molecule has 2 heterocycles. The number of rotatable bonds is 3. The second kappa shape index (κ2) is 5.16. The molecule has 2 rings (SSSR count). The van der Waals surface area contributed by atoms with Crippen molar-refractivity contribution in [2.75, 3.05) is 0 Å². The average Bonchev–Trinajstić information content (AvgIpc) is 2.72. The Morgan fingerprint density at radius 1 is 1.30 bits per heavy atom. The van der Waals surface area contributed by atoms with E-state index >= 15 is 0 Å². The maximum atomic E-state index is 12.2. The van der Waals surface area contributed by atoms with Gasteiger partial charge in [0, 0.05) is 23.5 Å². The Bertz CT molecular complexity index is 476. The molecule has 0 bridgehead atoms. The molecule has 6 nitrogen and oxygen atoms in total. The second-order valence-electron chi connectivity index (χ2n) is 6.93. The van der Waals surface area contributed by atoms with Crippen molar-refractivity contribution in [1.29, 1.82) is 0 Å². The first-order valence-corrected chi connectivity index (χ1v) is 7.22. The first-order chi connectivity index (χ1) is 9.21. The van der Waals surface area contributed by atoms with E-state index in [1.165, 1.54) is 0 Å². The van der Waals surface area contributed by atoms with Crippen molar-refractivity contribution in [3.8, 4) is 0 Å². The van der Waals surface area contributed by atoms with Gasteiger partial charge in [0.25, 0.3) is 5.91 Å². The van der Waals surface area contributed by atoms with Crippen LogP contribution in [0.5, 0.6) is 0 Å². The van der Waals surface area contributed by atoms with Crippen LogP contribution in [0.1, 0.15) is 63.9 Å². The lowest BCUT2D eigenvalue weighted by atomic mass is 9.79. The predicted octanol–water partition coefficient (Wildman–Crippen LogP) is 1.41. The largest absolute Gasteiger partial charge is 0.346 e. The normalized spacial score (nSPS) is 21.6. The van der Waals surface area contributed by atoms with Crippen molar-refractivity contribution in [3.63, 3.8) is 0 Å². The Morgan fingerprint density at radius 2 is 1.90 bits per heavy atom. The smallest absolute Gasteiger partial charge is 0.291 e. The van der Waals surface area contributed by atoms with Crippen molar-refractivity contribution in [2.45, 2.75) is 71.0 Å². The Kier molecular flexibility index (Phi) is 3.86. The zero-order chi connectivity index (χ0) is 15.0. The summed E-state index contributed by atoms with van der Waals surface area (Å²) >= 11 is 0. The Balaban J connectivity index is 2.03. The third kappa shape index (κ3) is 3.56. The van der Waals surface area contributed by atoms with Gasteiger partial charge in [-0.25, -0.2) is 4.98 Å². The molecule has 0 atom stereocenters. The summed E-state index contributed by atoms with van der Waals surface area (Å²) in [6.07, 6.45) is 2.54. The molecule has 0 aromatic carbocycles. The summed E-state index contributed by atoms with van der Waals surface area (Å²) in [5, 5.41) is 13.4. The van der Waals surface area contributed by atoms with Gasteiger partial charge in [-0.2, -0.15) is 0 Å². The molecule has 0 radical (unpaired) electrons. The van der Waals surface area contributed by atoms with Gasteiger partial charge < -0.3 is 10.6 Å². The van der Waals surface area contributed by atoms with Crippen molar-refractivity contribution < 1.29 is 4.79 Å². The first-order valence-electron chi connectivity index (χ1n) is 7.22. The third-order valence-electron chi connectivity index (χ3n) is 3.60. The minimum Gasteiger partial charge on any atom is -0.346 e. The number of nitrogens with zero attached hydrogens (tertiary/aromatic N) is 2. The number of hydrogen-bond acceptors (Lipinski definition) is 4. The van der Waals surface area contributed by atoms with Gasteiger partial charge in [0.05, 0.1) is 0 Å². The zero-order valence-corrected chi connectivity index (χ0v) is 13.0. The van der Waals surface area contributed by atoms with E-state index in [2.05, 4.69) is 53.5 Å². The highest BCUT2D eigenvalue weighted by Crippen LogP contribution is 2.28. The number of carbonyl (C=O) groups is 1. The van der Waals surface area contributed by atoms with E-state index in [-0.39, 0.29) is 28.9 Å². The van der Waals surface area contributed by atoms with Crippen LogP contribution in [0.15, 0.2) is 0 Å². The van der Waals surface area contributed by atoms with E-state index in [0.717, 1.165) is 25.1 Å². The monoisotopic (exact) mass is 279 g/mol. The topological polar surface area (TPSA) is 82.7 Å². The third-order valence-corrected chi connectivity index (χ3v) is 3.60. The Hall–Kier alpha value is -1.43. The molecule has 1 fully saturated rings. The molecule has 1 aromatic rings. The van der Waals surface area contributed by atoms with Crippen LogP contribution in [-0.2, 0) is 6.42 Å². The fourth-order valence-corrected chi connectivity index (χ4v) is 3.23. The van der Waals surface area contributed by atoms with Crippen LogP contribution < -0.4 is 10.6 Å². The van der Waals surface area contributed by atoms with Crippen LogP contribution in [-0.4, -0.2) is 38.2 Å². The number of hydrogen-bond donors (Lipinski definition) is 3. The highest BCUT2D eigenvalue weighted by atomic mass is 16.2. The molecule has 112 valence electrons. The first kappa shape index (κ1) is 15.0. The van der Waals surface area contributed by atoms with Crippen LogP contribution >= 0.6 is 0 Å². The molecule has 1 aliphatic rings. The molecule has 3 N–H and O–H groups in total. The number of amides is 1. The second-order valence-corrected chi connectivity index (χ2v) is 6.93. The summed E-state index contributed by atoms with van der Waals surface area (Å²) < 4.78 is 0. The van der Waals surface area contributed by atoms with Gasteiger partial charge in [0.15, 0.2) is 0 Å². The summed E-state index contributed by atoms with van der Waals surface area (Å²) in [6.45, 7) is 10.6. The van der Waals surface area contributed by atoms with Crippen molar-refractivity contribution in [1.82, 2.24) is 25.8 Å². The lowest BCUT2D eigenvalue weighted by molar-refractivity contribution is 0.0863. The van der Waals surface area contributed by atoms with Gasteiger partial charge in [-0.15, -0.1) is 5.10 Å². The molecule has 0 saturated carbocycles. The number of nitrogens with one attached hydrogen (secondary N) is 3. The maximum absolute atomic E-state index is 12.2. The van der Waals surface area contributed by atoms with Crippen LogP contribution in [0.25, 0.3) is 0 Å². The van der Waals surface area contributed by atoms with Gasteiger partial charge >= 0.3 is 0 Å². The van der Waals surface area contributed by atoms with E-state index < -0.39 is 0 Å². The molecule has 0 aliphatic carbocycles. The van der Waals surface area contributed by atoms with Gasteiger partial charge in [0.1, 0.15) is 5.82 Å². The number of aryl methyl sites for hydroxylation is 1. The molecule has 1 aromatic heterocycles. The molecule has 6 heteroatoms. The summed E-state index contributed by atoms with van der Waals surface area (Å²) in [5.74, 6) is 0.775. The molecule has 1 saturated heterocycles. The van der Waals surface area contributed by atoms with Crippen LogP contribution in [0, 0.1) is 0 Å². The fraction of sp³-hybridized carbons (Fsp3) is 0.786. The van der Waals surface area contributed by atoms with Crippen LogP contribution in [0.4, 0.5) is 0 Å². The molecular weight excluding hydrogens is 254 g/mol. The number of piperidine rings is 1. The Labute approximate surface area is 120 Å². The maximum Gasteiger partial charge on any atom is 0.291 e. The van der Waals surface area contributed by atoms with E-state index in [1.54, 1.807) is 0 Å². The SMILES string of the molecule is CCc1nc(C(=O)NC2CC(C)(C)NC(C)(C)C2)n[nH]1. The highest BCUT2D eigenvalue weighted by Gasteiger charge is 2.38. The van der Waals surface area contributed by atoms with Gasteiger partial charge in [-0.05, 0) is 40.5 Å². The Morgan fingerprint density at radius 3 is 2.40 bits per heavy atom. The van der Waals surface area contributed by atoms with Crippen molar-refractivity contribution in [2.24, 2.45) is 0 Å². The number of aromatic nitrogens is 3. The standard InChI is InChI=1S/C14H25N5O/c1-6-10-16-11(18-17-10)12(20)15-9-7-13(2,3)19-14(4,5)8-9/h9,19H,6-8H2,1-5H3,(H,15,20)(H,16,17,18). The number of carbonyl (C=O) groups excluding carboxylic acids is 1. The summed E-state index contributed by atoms with van der Waals surface area (Å²) in [6, 6.07) is 0.136. The van der Waals surface area contributed by atoms with Crippen molar-refractivity contribution >= 4 is 5.91 Å². The number of H-pyrrole nitrogens is 1. The minimum absolute atomic E-state index is 0.00722. The molecule has 20 heavy (non-hydrogen) atoms. The molecular formula is C14H25N5O. The molecule has 1 amide bonds. The van der Waals surface area contributed by atoms with Gasteiger partial charge in [-0.3, -0.25) is 9.89 Å². The van der Waals surface area contributed by atoms with Crippen LogP contribution in [0.2, 0.25) is 0 Å². The van der Waals surface area contributed by atoms with Gasteiger partial charge in [-0.1, -0.05) is 6.92 Å². The van der Waals surface area contributed by atoms with Crippen molar-refractivity contribution in [3.05, 3.63) is 11.6 Å². The van der Waals surface area contributed by atoms with Gasteiger partial charge in [0.2, 0.25) is 5.82 Å². The fourth-order valence-electron chi connectivity index (χ4n) is 3.23. The summed E-state index contributed by atoms with van der Waals surface area (Å²) in [4.78, 5) is 16.4. The van der Waals surface area contributed by atoms with E-state index in [1.807, 2.05) is 6.92 Å².